The number of rotatable bonds is 15. The van der Waals surface area contributed by atoms with E-state index in [1.54, 1.807) is 11.9 Å². The van der Waals surface area contributed by atoms with Gasteiger partial charge in [0.15, 0.2) is 0 Å². The molecule has 0 aliphatic heterocycles. The minimum absolute atomic E-state index is 0.0268. The number of likely N-dealkylation sites (N-methyl/N-ethyl adjacent to an activating group) is 1. The second-order valence-electron chi connectivity index (χ2n) is 10.5. The van der Waals surface area contributed by atoms with E-state index in [1.807, 2.05) is 20.3 Å². The molecular formula is C29H50N4O3. The topological polar surface area (TPSA) is 82.7 Å². The highest BCUT2D eigenvalue weighted by Crippen LogP contribution is 2.35. The Hall–Kier alpha value is -2.22. The van der Waals surface area contributed by atoms with Crippen LogP contribution >= 0.6 is 0 Å². The first-order chi connectivity index (χ1) is 16.8. The third-order valence-electron chi connectivity index (χ3n) is 7.65. The predicted molar refractivity (Wildman–Crippen MR) is 149 cm³/mol. The van der Waals surface area contributed by atoms with E-state index >= 15 is 0 Å². The molecule has 7 nitrogen and oxygen atoms in total. The monoisotopic (exact) mass is 502 g/mol. The van der Waals surface area contributed by atoms with Gasteiger partial charge in [0.25, 0.3) is 0 Å². The molecule has 0 aromatic heterocycles. The Morgan fingerprint density at radius 2 is 1.83 bits per heavy atom. The van der Waals surface area contributed by atoms with E-state index < -0.39 is 0 Å². The Balaban J connectivity index is 3.25. The zero-order valence-corrected chi connectivity index (χ0v) is 24.3. The van der Waals surface area contributed by atoms with Crippen LogP contribution in [0, 0.1) is 6.92 Å². The molecule has 1 amide bonds. The molecule has 0 fully saturated rings. The number of aryl methyl sites for hydroxylation is 2. The zero-order valence-electron chi connectivity index (χ0n) is 24.3. The van der Waals surface area contributed by atoms with E-state index in [-0.39, 0.29) is 48.6 Å². The van der Waals surface area contributed by atoms with Crippen molar-refractivity contribution in [3.63, 3.8) is 0 Å². The number of carbonyl (C=O) groups is 2. The summed E-state index contributed by atoms with van der Waals surface area (Å²) in [5, 5.41) is 9.59. The minimum Gasteiger partial charge on any atom is -0.450 e. The van der Waals surface area contributed by atoms with Gasteiger partial charge in [-0.05, 0) is 83.4 Å². The summed E-state index contributed by atoms with van der Waals surface area (Å²) in [6.07, 6.45) is 5.24. The first-order valence-corrected chi connectivity index (χ1v) is 13.1. The zero-order chi connectivity index (χ0) is 27.5. The molecule has 36 heavy (non-hydrogen) atoms. The van der Waals surface area contributed by atoms with Gasteiger partial charge in [0.1, 0.15) is 6.73 Å². The van der Waals surface area contributed by atoms with E-state index in [9.17, 15) is 9.59 Å². The number of nitrogens with zero attached hydrogens (tertiary/aromatic N) is 1. The van der Waals surface area contributed by atoms with Crippen LogP contribution in [-0.4, -0.2) is 62.8 Å². The van der Waals surface area contributed by atoms with Crippen LogP contribution in [0.3, 0.4) is 0 Å². The van der Waals surface area contributed by atoms with Crippen LogP contribution in [-0.2, 0) is 26.2 Å². The molecule has 0 saturated carbocycles. The summed E-state index contributed by atoms with van der Waals surface area (Å²) in [6.45, 7) is 15.1. The quantitative estimate of drug-likeness (QED) is 0.248. The summed E-state index contributed by atoms with van der Waals surface area (Å²) in [5.74, 6) is -0.446. The van der Waals surface area contributed by atoms with Crippen LogP contribution in [0.5, 0.6) is 0 Å². The lowest BCUT2D eigenvalue weighted by Gasteiger charge is -2.35. The average molecular weight is 503 g/mol. The minimum atomic E-state index is -0.338. The van der Waals surface area contributed by atoms with Crippen molar-refractivity contribution < 1.29 is 14.3 Å². The lowest BCUT2D eigenvalue weighted by atomic mass is 9.74. The number of amides is 1. The summed E-state index contributed by atoms with van der Waals surface area (Å²) in [6, 6.07) is 6.77. The van der Waals surface area contributed by atoms with Crippen LogP contribution < -0.4 is 16.0 Å². The van der Waals surface area contributed by atoms with Crippen molar-refractivity contribution in [2.24, 2.45) is 0 Å². The van der Waals surface area contributed by atoms with Crippen molar-refractivity contribution in [2.75, 3.05) is 34.4 Å². The van der Waals surface area contributed by atoms with Crippen molar-refractivity contribution in [1.29, 1.82) is 0 Å². The SMILES string of the molecule is CCC(C)(CCc1ccc(C(C)(C)/C(=C\N(CCC(=O)OCNC)C(C)=O)C(C)NC)cc1C)NC. The predicted octanol–water partition coefficient (Wildman–Crippen LogP) is 4.04. The smallest absolute Gasteiger partial charge is 0.308 e. The van der Waals surface area contributed by atoms with Crippen LogP contribution in [0.1, 0.15) is 77.5 Å². The van der Waals surface area contributed by atoms with Crippen molar-refractivity contribution in [3.05, 3.63) is 46.7 Å². The van der Waals surface area contributed by atoms with Gasteiger partial charge in [0, 0.05) is 36.7 Å². The van der Waals surface area contributed by atoms with Crippen LogP contribution in [0.4, 0.5) is 0 Å². The highest BCUT2D eigenvalue weighted by Gasteiger charge is 2.30. The fraction of sp³-hybridized carbons (Fsp3) is 0.655. The first-order valence-electron chi connectivity index (χ1n) is 13.1. The molecule has 7 heteroatoms. The fourth-order valence-corrected chi connectivity index (χ4v) is 4.31. The Kier molecular flexibility index (Phi) is 12.8. The van der Waals surface area contributed by atoms with Gasteiger partial charge in [0.2, 0.25) is 5.91 Å². The largest absolute Gasteiger partial charge is 0.450 e. The maximum Gasteiger partial charge on any atom is 0.308 e. The number of benzene rings is 1. The third-order valence-corrected chi connectivity index (χ3v) is 7.65. The standard InChI is InChI=1S/C29H50N4O3/c1-11-29(7,32-10)16-14-24-12-13-25(18-21(24)2)28(5,6)26(22(3)31-9)19-33(23(4)34)17-15-27(35)36-20-30-8/h12-13,18-19,22,30-32H,11,14-17,20H2,1-10H3/b26-19-. The number of esters is 1. The summed E-state index contributed by atoms with van der Waals surface area (Å²) < 4.78 is 5.09. The summed E-state index contributed by atoms with van der Waals surface area (Å²) in [4.78, 5) is 26.1. The molecule has 0 aliphatic carbocycles. The number of hydrogen-bond donors (Lipinski definition) is 3. The molecule has 1 aromatic rings. The fourth-order valence-electron chi connectivity index (χ4n) is 4.31. The molecule has 2 unspecified atom stereocenters. The van der Waals surface area contributed by atoms with Gasteiger partial charge in [0.05, 0.1) is 6.42 Å². The Bertz CT molecular complexity index is 891. The first kappa shape index (κ1) is 31.8. The van der Waals surface area contributed by atoms with Gasteiger partial charge in [-0.2, -0.15) is 0 Å². The second kappa shape index (κ2) is 14.5. The molecule has 1 rings (SSSR count). The van der Waals surface area contributed by atoms with Crippen LogP contribution in [0.25, 0.3) is 0 Å². The molecule has 204 valence electrons. The molecule has 0 radical (unpaired) electrons. The molecule has 2 atom stereocenters. The van der Waals surface area contributed by atoms with Crippen molar-refractivity contribution in [2.45, 2.75) is 91.1 Å². The van der Waals surface area contributed by atoms with E-state index in [0.29, 0.717) is 0 Å². The van der Waals surface area contributed by atoms with Gasteiger partial charge in [-0.15, -0.1) is 0 Å². The molecule has 0 heterocycles. The molecule has 0 aliphatic rings. The van der Waals surface area contributed by atoms with Gasteiger partial charge in [-0.25, -0.2) is 0 Å². The summed E-state index contributed by atoms with van der Waals surface area (Å²) >= 11 is 0. The van der Waals surface area contributed by atoms with Crippen LogP contribution in [0.2, 0.25) is 0 Å². The third kappa shape index (κ3) is 9.02. The van der Waals surface area contributed by atoms with Gasteiger partial charge in [-0.3, -0.25) is 14.9 Å². The normalized spacial score (nSPS) is 14.8. The van der Waals surface area contributed by atoms with E-state index in [0.717, 1.165) is 24.8 Å². The molecule has 0 saturated heterocycles. The highest BCUT2D eigenvalue weighted by molar-refractivity contribution is 5.76. The molecule has 0 spiro atoms. The number of ether oxygens (including phenoxy) is 1. The molecule has 1 aromatic carbocycles. The van der Waals surface area contributed by atoms with E-state index in [1.165, 1.54) is 23.6 Å². The Morgan fingerprint density at radius 3 is 2.33 bits per heavy atom. The van der Waals surface area contributed by atoms with Crippen molar-refractivity contribution in [3.8, 4) is 0 Å². The Labute approximate surface area is 219 Å². The maximum atomic E-state index is 12.5. The maximum absolute atomic E-state index is 12.5. The van der Waals surface area contributed by atoms with Crippen LogP contribution in [0.15, 0.2) is 30.0 Å². The van der Waals surface area contributed by atoms with E-state index in [4.69, 9.17) is 4.74 Å². The lowest BCUT2D eigenvalue weighted by molar-refractivity contribution is -0.144. The van der Waals surface area contributed by atoms with Gasteiger partial charge in [-0.1, -0.05) is 39.0 Å². The molecule has 3 N–H and O–H groups in total. The van der Waals surface area contributed by atoms with Gasteiger partial charge >= 0.3 is 5.97 Å². The second-order valence-corrected chi connectivity index (χ2v) is 10.5. The molecule has 0 bridgehead atoms. The Morgan fingerprint density at radius 1 is 1.17 bits per heavy atom. The number of hydrogen-bond acceptors (Lipinski definition) is 6. The lowest BCUT2D eigenvalue weighted by Crippen LogP contribution is -2.39. The highest BCUT2D eigenvalue weighted by atomic mass is 16.5. The summed E-state index contributed by atoms with van der Waals surface area (Å²) in [7, 11) is 5.67. The van der Waals surface area contributed by atoms with Crippen molar-refractivity contribution >= 4 is 11.9 Å². The van der Waals surface area contributed by atoms with Crippen molar-refractivity contribution in [1.82, 2.24) is 20.9 Å². The number of nitrogens with one attached hydrogen (secondary N) is 3. The number of carbonyl (C=O) groups excluding carboxylic acids is 2. The molecular weight excluding hydrogens is 452 g/mol. The van der Waals surface area contributed by atoms with E-state index in [2.05, 4.69) is 75.7 Å². The average Bonchev–Trinajstić information content (AvgIpc) is 2.85. The summed E-state index contributed by atoms with van der Waals surface area (Å²) in [5.41, 5.74) is 4.71. The van der Waals surface area contributed by atoms with Gasteiger partial charge < -0.3 is 20.3 Å².